The summed E-state index contributed by atoms with van der Waals surface area (Å²) < 4.78 is 0. The van der Waals surface area contributed by atoms with Crippen molar-refractivity contribution in [3.63, 3.8) is 0 Å². The Bertz CT molecular complexity index is 300. The Hall–Kier alpha value is -1.11. The Kier molecular flexibility index (Phi) is 5.09. The summed E-state index contributed by atoms with van der Waals surface area (Å²) in [5, 5.41) is 0. The van der Waals surface area contributed by atoms with Gasteiger partial charge in [0.2, 0.25) is 0 Å². The van der Waals surface area contributed by atoms with Gasteiger partial charge in [-0.2, -0.15) is 0 Å². The maximum Gasteiger partial charge on any atom is 0.0360 e. The van der Waals surface area contributed by atoms with E-state index in [1.54, 1.807) is 0 Å². The monoisotopic (exact) mass is 203 g/mol. The molecule has 0 spiro atoms. The molecule has 1 aromatic carbocycles. The second kappa shape index (κ2) is 6.39. The van der Waals surface area contributed by atoms with Crippen LogP contribution < -0.4 is 0 Å². The molecule has 0 saturated carbocycles. The van der Waals surface area contributed by atoms with Crippen LogP contribution in [0.3, 0.4) is 0 Å². The van der Waals surface area contributed by atoms with Gasteiger partial charge in [-0.15, -0.1) is 0 Å². The lowest BCUT2D eigenvalue weighted by Gasteiger charge is -2.11. The SMILES string of the molecule is CC/N=C(/C)CC[C@H](C)c1ccccc1. The number of nitrogens with zero attached hydrogens (tertiary/aromatic N) is 1. The summed E-state index contributed by atoms with van der Waals surface area (Å²) in [6.45, 7) is 7.41. The van der Waals surface area contributed by atoms with Crippen molar-refractivity contribution >= 4 is 5.71 Å². The molecular weight excluding hydrogens is 182 g/mol. The molecule has 1 aromatic rings. The van der Waals surface area contributed by atoms with Gasteiger partial charge in [-0.05, 0) is 38.2 Å². The van der Waals surface area contributed by atoms with Crippen molar-refractivity contribution in [2.24, 2.45) is 4.99 Å². The second-order valence-corrected chi connectivity index (χ2v) is 4.06. The zero-order valence-corrected chi connectivity index (χ0v) is 10.0. The van der Waals surface area contributed by atoms with Gasteiger partial charge >= 0.3 is 0 Å². The maximum atomic E-state index is 4.41. The topological polar surface area (TPSA) is 12.4 Å². The number of aliphatic imine (C=N–C) groups is 1. The van der Waals surface area contributed by atoms with Crippen molar-refractivity contribution in [2.75, 3.05) is 6.54 Å². The van der Waals surface area contributed by atoms with Gasteiger partial charge in [0.05, 0.1) is 0 Å². The lowest BCUT2D eigenvalue weighted by atomic mass is 9.95. The van der Waals surface area contributed by atoms with Crippen molar-refractivity contribution in [1.82, 2.24) is 0 Å². The van der Waals surface area contributed by atoms with E-state index in [2.05, 4.69) is 56.1 Å². The van der Waals surface area contributed by atoms with Crippen molar-refractivity contribution in [2.45, 2.75) is 39.5 Å². The average Bonchev–Trinajstić information content (AvgIpc) is 2.27. The van der Waals surface area contributed by atoms with E-state index in [1.807, 2.05) is 0 Å². The minimum atomic E-state index is 0.633. The number of rotatable bonds is 5. The first-order chi connectivity index (χ1) is 7.24. The first-order valence-corrected chi connectivity index (χ1v) is 5.79. The van der Waals surface area contributed by atoms with Crippen LogP contribution in [0.4, 0.5) is 0 Å². The van der Waals surface area contributed by atoms with Gasteiger partial charge in [0.25, 0.3) is 0 Å². The highest BCUT2D eigenvalue weighted by Crippen LogP contribution is 2.20. The van der Waals surface area contributed by atoms with Gasteiger partial charge in [0.15, 0.2) is 0 Å². The highest BCUT2D eigenvalue weighted by molar-refractivity contribution is 5.81. The van der Waals surface area contributed by atoms with Crippen LogP contribution in [0.15, 0.2) is 35.3 Å². The van der Waals surface area contributed by atoms with Crippen LogP contribution in [0, 0.1) is 0 Å². The molecular formula is C14H21N. The van der Waals surface area contributed by atoms with Crippen molar-refractivity contribution in [3.8, 4) is 0 Å². The highest BCUT2D eigenvalue weighted by atomic mass is 14.7. The van der Waals surface area contributed by atoms with Gasteiger partial charge in [-0.25, -0.2) is 0 Å². The fraction of sp³-hybridized carbons (Fsp3) is 0.500. The van der Waals surface area contributed by atoms with Gasteiger partial charge in [0.1, 0.15) is 0 Å². The molecule has 1 atom stereocenters. The molecule has 0 N–H and O–H groups in total. The third-order valence-electron chi connectivity index (χ3n) is 2.74. The third-order valence-corrected chi connectivity index (χ3v) is 2.74. The van der Waals surface area contributed by atoms with Crippen LogP contribution in [0.25, 0.3) is 0 Å². The molecule has 0 aliphatic rings. The van der Waals surface area contributed by atoms with Crippen molar-refractivity contribution < 1.29 is 0 Å². The van der Waals surface area contributed by atoms with Crippen LogP contribution >= 0.6 is 0 Å². The molecule has 0 radical (unpaired) electrons. The molecule has 0 aliphatic heterocycles. The lowest BCUT2D eigenvalue weighted by molar-refractivity contribution is 0.701. The fourth-order valence-electron chi connectivity index (χ4n) is 1.72. The summed E-state index contributed by atoms with van der Waals surface area (Å²) in [5.41, 5.74) is 2.71. The normalized spacial score (nSPS) is 13.9. The van der Waals surface area contributed by atoms with Crippen molar-refractivity contribution in [1.29, 1.82) is 0 Å². The second-order valence-electron chi connectivity index (χ2n) is 4.06. The predicted molar refractivity (Wildman–Crippen MR) is 67.7 cm³/mol. The molecule has 0 unspecified atom stereocenters. The van der Waals surface area contributed by atoms with E-state index < -0.39 is 0 Å². The highest BCUT2D eigenvalue weighted by Gasteiger charge is 2.04. The van der Waals surface area contributed by atoms with Crippen LogP contribution in [0.2, 0.25) is 0 Å². The van der Waals surface area contributed by atoms with Crippen LogP contribution in [0.5, 0.6) is 0 Å². The Morgan fingerprint density at radius 3 is 2.53 bits per heavy atom. The Morgan fingerprint density at radius 2 is 1.93 bits per heavy atom. The van der Waals surface area contributed by atoms with Gasteiger partial charge in [0, 0.05) is 12.3 Å². The molecule has 82 valence electrons. The summed E-state index contributed by atoms with van der Waals surface area (Å²) in [6.07, 6.45) is 2.31. The molecule has 0 amide bonds. The molecule has 0 saturated heterocycles. The van der Waals surface area contributed by atoms with E-state index in [0.29, 0.717) is 5.92 Å². The van der Waals surface area contributed by atoms with E-state index in [0.717, 1.165) is 13.0 Å². The summed E-state index contributed by atoms with van der Waals surface area (Å²) in [6, 6.07) is 10.7. The maximum absolute atomic E-state index is 4.41. The molecule has 0 aromatic heterocycles. The van der Waals surface area contributed by atoms with Crippen LogP contribution in [0.1, 0.15) is 45.1 Å². The quantitative estimate of drug-likeness (QED) is 0.640. The Morgan fingerprint density at radius 1 is 1.27 bits per heavy atom. The molecule has 1 heteroatoms. The van der Waals surface area contributed by atoms with Gasteiger partial charge in [-0.3, -0.25) is 4.99 Å². The lowest BCUT2D eigenvalue weighted by Crippen LogP contribution is -1.98. The van der Waals surface area contributed by atoms with Crippen molar-refractivity contribution in [3.05, 3.63) is 35.9 Å². The summed E-state index contributed by atoms with van der Waals surface area (Å²) in [7, 11) is 0. The van der Waals surface area contributed by atoms with Gasteiger partial charge in [-0.1, -0.05) is 37.3 Å². The minimum Gasteiger partial charge on any atom is -0.295 e. The average molecular weight is 203 g/mol. The minimum absolute atomic E-state index is 0.633. The van der Waals surface area contributed by atoms with E-state index >= 15 is 0 Å². The Labute approximate surface area is 93.2 Å². The zero-order chi connectivity index (χ0) is 11.1. The molecule has 1 nitrogen and oxygen atoms in total. The summed E-state index contributed by atoms with van der Waals surface area (Å²) in [4.78, 5) is 4.41. The number of hydrogen-bond acceptors (Lipinski definition) is 1. The molecule has 0 aliphatic carbocycles. The fourth-order valence-corrected chi connectivity index (χ4v) is 1.72. The first-order valence-electron chi connectivity index (χ1n) is 5.79. The third kappa shape index (κ3) is 4.28. The zero-order valence-electron chi connectivity index (χ0n) is 10.0. The molecule has 0 fully saturated rings. The number of benzene rings is 1. The number of hydrogen-bond donors (Lipinski definition) is 0. The summed E-state index contributed by atoms with van der Waals surface area (Å²) >= 11 is 0. The molecule has 0 heterocycles. The summed E-state index contributed by atoms with van der Waals surface area (Å²) in [5.74, 6) is 0.633. The predicted octanol–water partition coefficient (Wildman–Crippen LogP) is 4.05. The standard InChI is InChI=1S/C14H21N/c1-4-15-13(3)11-10-12(2)14-8-6-5-7-9-14/h5-9,12H,4,10-11H2,1-3H3/b15-13-/t12-/m0/s1. The molecule has 1 rings (SSSR count). The largest absolute Gasteiger partial charge is 0.295 e. The van der Waals surface area contributed by atoms with E-state index in [-0.39, 0.29) is 0 Å². The smallest absolute Gasteiger partial charge is 0.0360 e. The first kappa shape index (κ1) is 12.0. The van der Waals surface area contributed by atoms with Gasteiger partial charge < -0.3 is 0 Å². The Balaban J connectivity index is 2.43. The van der Waals surface area contributed by atoms with E-state index in [9.17, 15) is 0 Å². The molecule has 0 bridgehead atoms. The van der Waals surface area contributed by atoms with Crippen LogP contribution in [-0.2, 0) is 0 Å². The molecule has 15 heavy (non-hydrogen) atoms. The van der Waals surface area contributed by atoms with E-state index in [1.165, 1.54) is 17.7 Å². The van der Waals surface area contributed by atoms with E-state index in [4.69, 9.17) is 0 Å². The van der Waals surface area contributed by atoms with Crippen LogP contribution in [-0.4, -0.2) is 12.3 Å².